The first-order chi connectivity index (χ1) is 10.1. The molecule has 2 aliphatic rings. The van der Waals surface area contributed by atoms with Gasteiger partial charge in [0.25, 0.3) is 0 Å². The Balaban J connectivity index is 1.53. The van der Waals surface area contributed by atoms with Crippen LogP contribution in [0.1, 0.15) is 19.4 Å². The topological polar surface area (TPSA) is 60.5 Å². The molecule has 5 nitrogen and oxygen atoms in total. The van der Waals surface area contributed by atoms with Crippen molar-refractivity contribution >= 4 is 0 Å². The molecule has 1 aromatic rings. The number of benzene rings is 1. The maximum absolute atomic E-state index is 9.13. The van der Waals surface area contributed by atoms with E-state index in [1.54, 1.807) is 0 Å². The highest BCUT2D eigenvalue weighted by molar-refractivity contribution is 5.13. The summed E-state index contributed by atoms with van der Waals surface area (Å²) in [6.45, 7) is 4.77. The highest BCUT2D eigenvalue weighted by atomic mass is 16.8. The van der Waals surface area contributed by atoms with Crippen molar-refractivity contribution in [1.29, 1.82) is 0 Å². The maximum Gasteiger partial charge on any atom is 0.164 e. The lowest BCUT2D eigenvalue weighted by molar-refractivity contribution is -0.152. The van der Waals surface area contributed by atoms with E-state index in [2.05, 4.69) is 0 Å². The van der Waals surface area contributed by atoms with Gasteiger partial charge in [0.1, 0.15) is 24.4 Å². The molecule has 0 bridgehead atoms. The Hall–Kier alpha value is -0.980. The zero-order valence-corrected chi connectivity index (χ0v) is 12.4. The Morgan fingerprint density at radius 3 is 2.52 bits per heavy atom. The van der Waals surface area contributed by atoms with Gasteiger partial charge in [0.15, 0.2) is 5.79 Å². The Morgan fingerprint density at radius 1 is 1.10 bits per heavy atom. The molecule has 0 aromatic heterocycles. The fraction of sp³-hybridized carbons (Fsp3) is 0.625. The predicted molar refractivity (Wildman–Crippen MR) is 75.7 cm³/mol. The first-order valence-corrected chi connectivity index (χ1v) is 7.33. The lowest BCUT2D eigenvalue weighted by Gasteiger charge is -2.16. The normalized spacial score (nSPS) is 34.0. The molecule has 0 aliphatic carbocycles. The molecular formula is C16H22O5. The lowest BCUT2D eigenvalue weighted by Crippen LogP contribution is -2.33. The van der Waals surface area contributed by atoms with Gasteiger partial charge in [-0.25, -0.2) is 0 Å². The zero-order chi connectivity index (χ0) is 14.9. The van der Waals surface area contributed by atoms with E-state index >= 15 is 0 Å². The summed E-state index contributed by atoms with van der Waals surface area (Å²) in [5.41, 5.74) is 1.13. The molecule has 0 spiro atoms. The molecule has 3 rings (SSSR count). The number of aliphatic hydroxyl groups excluding tert-OH is 1. The molecule has 0 radical (unpaired) electrons. The molecule has 5 heteroatoms. The summed E-state index contributed by atoms with van der Waals surface area (Å²) < 4.78 is 22.9. The smallest absolute Gasteiger partial charge is 0.164 e. The predicted octanol–water partition coefficient (Wildman–Crippen LogP) is 1.48. The molecule has 2 heterocycles. The minimum Gasteiger partial charge on any atom is -0.394 e. The van der Waals surface area contributed by atoms with E-state index in [-0.39, 0.29) is 31.0 Å². The van der Waals surface area contributed by atoms with Crippen LogP contribution in [0.2, 0.25) is 0 Å². The van der Waals surface area contributed by atoms with Crippen LogP contribution in [-0.2, 0) is 25.6 Å². The summed E-state index contributed by atoms with van der Waals surface area (Å²) in [6.07, 6.45) is -0.593. The SMILES string of the molecule is CC1(C)O[C@@H]([C@H]2O[C@H]2CO)[C@H](COCc2ccccc2)O1. The van der Waals surface area contributed by atoms with Crippen LogP contribution >= 0.6 is 0 Å². The van der Waals surface area contributed by atoms with Gasteiger partial charge in [0, 0.05) is 0 Å². The molecular weight excluding hydrogens is 272 g/mol. The summed E-state index contributed by atoms with van der Waals surface area (Å²) in [5, 5.41) is 9.13. The summed E-state index contributed by atoms with van der Waals surface area (Å²) in [4.78, 5) is 0. The number of hydrogen-bond donors (Lipinski definition) is 1. The van der Waals surface area contributed by atoms with Gasteiger partial charge in [-0.2, -0.15) is 0 Å². The van der Waals surface area contributed by atoms with Gasteiger partial charge in [-0.05, 0) is 19.4 Å². The van der Waals surface area contributed by atoms with Crippen molar-refractivity contribution in [2.75, 3.05) is 13.2 Å². The summed E-state index contributed by atoms with van der Waals surface area (Å²) >= 11 is 0. The first kappa shape index (κ1) is 14.9. The molecule has 4 atom stereocenters. The average molecular weight is 294 g/mol. The third kappa shape index (κ3) is 3.62. The van der Waals surface area contributed by atoms with E-state index in [0.29, 0.717) is 13.2 Å². The second-order valence-corrected chi connectivity index (χ2v) is 5.96. The standard InChI is InChI=1S/C16H22O5/c1-16(2)20-13(15(21-16)14-12(8-17)19-14)10-18-9-11-6-4-3-5-7-11/h3-7,12-15,17H,8-10H2,1-2H3/t12-,13-,14-,15+/m0/s1. The molecule has 0 saturated carbocycles. The van der Waals surface area contributed by atoms with Crippen molar-refractivity contribution in [3.05, 3.63) is 35.9 Å². The quantitative estimate of drug-likeness (QED) is 0.805. The highest BCUT2D eigenvalue weighted by Gasteiger charge is 2.54. The fourth-order valence-electron chi connectivity index (χ4n) is 2.73. The number of epoxide rings is 1. The number of hydrogen-bond acceptors (Lipinski definition) is 5. The zero-order valence-electron chi connectivity index (χ0n) is 12.4. The number of rotatable bonds is 6. The highest BCUT2D eigenvalue weighted by Crippen LogP contribution is 2.38. The Labute approximate surface area is 124 Å². The Kier molecular flexibility index (Phi) is 4.28. The van der Waals surface area contributed by atoms with Crippen molar-refractivity contribution in [3.8, 4) is 0 Å². The molecule has 2 saturated heterocycles. The van der Waals surface area contributed by atoms with Crippen LogP contribution < -0.4 is 0 Å². The fourth-order valence-corrected chi connectivity index (χ4v) is 2.73. The van der Waals surface area contributed by atoms with Crippen molar-refractivity contribution in [2.45, 2.75) is 50.7 Å². The van der Waals surface area contributed by atoms with Crippen molar-refractivity contribution in [3.63, 3.8) is 0 Å². The Morgan fingerprint density at radius 2 is 1.86 bits per heavy atom. The summed E-state index contributed by atoms with van der Waals surface area (Å²) in [6, 6.07) is 10.0. The van der Waals surface area contributed by atoms with Gasteiger partial charge in [-0.1, -0.05) is 30.3 Å². The lowest BCUT2D eigenvalue weighted by atomic mass is 10.1. The van der Waals surface area contributed by atoms with Crippen LogP contribution in [0.4, 0.5) is 0 Å². The van der Waals surface area contributed by atoms with Crippen LogP contribution in [0.15, 0.2) is 30.3 Å². The van der Waals surface area contributed by atoms with Crippen LogP contribution in [0.25, 0.3) is 0 Å². The van der Waals surface area contributed by atoms with Crippen molar-refractivity contribution < 1.29 is 24.1 Å². The average Bonchev–Trinajstić information content (AvgIpc) is 3.18. The van der Waals surface area contributed by atoms with E-state index in [1.165, 1.54) is 0 Å². The molecule has 21 heavy (non-hydrogen) atoms. The molecule has 1 N–H and O–H groups in total. The molecule has 0 amide bonds. The first-order valence-electron chi connectivity index (χ1n) is 7.33. The molecule has 116 valence electrons. The molecule has 2 fully saturated rings. The van der Waals surface area contributed by atoms with Crippen molar-refractivity contribution in [1.82, 2.24) is 0 Å². The summed E-state index contributed by atoms with van der Waals surface area (Å²) in [7, 11) is 0. The van der Waals surface area contributed by atoms with Gasteiger partial charge >= 0.3 is 0 Å². The number of ether oxygens (including phenoxy) is 4. The van der Waals surface area contributed by atoms with Gasteiger partial charge in [0.2, 0.25) is 0 Å². The van der Waals surface area contributed by atoms with E-state index in [0.717, 1.165) is 5.56 Å². The van der Waals surface area contributed by atoms with E-state index in [1.807, 2.05) is 44.2 Å². The Bertz CT molecular complexity index is 461. The van der Waals surface area contributed by atoms with E-state index in [9.17, 15) is 0 Å². The van der Waals surface area contributed by atoms with Crippen molar-refractivity contribution in [2.24, 2.45) is 0 Å². The van der Waals surface area contributed by atoms with E-state index in [4.69, 9.17) is 24.1 Å². The maximum atomic E-state index is 9.13. The monoisotopic (exact) mass is 294 g/mol. The van der Waals surface area contributed by atoms with Crippen LogP contribution in [0.3, 0.4) is 0 Å². The third-order valence-electron chi connectivity index (χ3n) is 3.74. The van der Waals surface area contributed by atoms with E-state index < -0.39 is 5.79 Å². The molecule has 2 aliphatic heterocycles. The van der Waals surface area contributed by atoms with Gasteiger partial charge in [0.05, 0.1) is 19.8 Å². The molecule has 1 aromatic carbocycles. The minimum atomic E-state index is -0.641. The van der Waals surface area contributed by atoms with Crippen LogP contribution in [0.5, 0.6) is 0 Å². The van der Waals surface area contributed by atoms with Gasteiger partial charge < -0.3 is 24.1 Å². The van der Waals surface area contributed by atoms with Crippen LogP contribution in [-0.4, -0.2) is 48.5 Å². The third-order valence-corrected chi connectivity index (χ3v) is 3.74. The second-order valence-electron chi connectivity index (χ2n) is 5.96. The van der Waals surface area contributed by atoms with Gasteiger partial charge in [-0.15, -0.1) is 0 Å². The largest absolute Gasteiger partial charge is 0.394 e. The van der Waals surface area contributed by atoms with Crippen LogP contribution in [0, 0.1) is 0 Å². The molecule has 0 unspecified atom stereocenters. The minimum absolute atomic E-state index is 0.0164. The number of aliphatic hydroxyl groups is 1. The summed E-state index contributed by atoms with van der Waals surface area (Å²) in [5.74, 6) is -0.641. The second kappa shape index (κ2) is 6.02. The van der Waals surface area contributed by atoms with Gasteiger partial charge in [-0.3, -0.25) is 0 Å².